The fourth-order valence-electron chi connectivity index (χ4n) is 4.52. The van der Waals surface area contributed by atoms with E-state index in [1.54, 1.807) is 19.1 Å². The zero-order valence-corrected chi connectivity index (χ0v) is 19.4. The fraction of sp³-hybridized carbons (Fsp3) is 0.478. The van der Waals surface area contributed by atoms with Crippen LogP contribution in [0.2, 0.25) is 0 Å². The number of ether oxygens (including phenoxy) is 3. The summed E-state index contributed by atoms with van der Waals surface area (Å²) in [6, 6.07) is 7.25. The molecule has 2 aromatic rings. The van der Waals surface area contributed by atoms with Gasteiger partial charge in [0.1, 0.15) is 11.1 Å². The highest BCUT2D eigenvalue weighted by molar-refractivity contribution is 7.17. The van der Waals surface area contributed by atoms with Gasteiger partial charge in [0.05, 0.1) is 12.7 Å². The molecule has 0 saturated heterocycles. The van der Waals surface area contributed by atoms with Crippen LogP contribution in [0.25, 0.3) is 0 Å². The molecule has 0 saturated carbocycles. The molecular weight excluding hydrogens is 416 g/mol. The Balaban J connectivity index is 1.68. The van der Waals surface area contributed by atoms with E-state index in [-0.39, 0.29) is 17.0 Å². The van der Waals surface area contributed by atoms with Crippen molar-refractivity contribution in [2.75, 3.05) is 12.4 Å². The van der Waals surface area contributed by atoms with Crippen molar-refractivity contribution < 1.29 is 23.8 Å². The number of amides is 1. The van der Waals surface area contributed by atoms with Gasteiger partial charge in [0.2, 0.25) is 6.10 Å². The normalized spacial score (nSPS) is 22.9. The van der Waals surface area contributed by atoms with E-state index in [2.05, 4.69) is 38.3 Å². The van der Waals surface area contributed by atoms with Gasteiger partial charge in [-0.25, -0.2) is 4.79 Å². The lowest BCUT2D eigenvalue weighted by atomic mass is 9.81. The second-order valence-electron chi connectivity index (χ2n) is 9.21. The molecule has 166 valence electrons. The van der Waals surface area contributed by atoms with Crippen molar-refractivity contribution >= 4 is 28.2 Å². The van der Waals surface area contributed by atoms with Crippen LogP contribution in [0, 0.1) is 0 Å². The Kier molecular flexibility index (Phi) is 5.26. The van der Waals surface area contributed by atoms with Gasteiger partial charge in [-0.2, -0.15) is 0 Å². The van der Waals surface area contributed by atoms with Crippen LogP contribution in [0.1, 0.15) is 55.4 Å². The first-order valence-electron chi connectivity index (χ1n) is 10.3. The Bertz CT molecular complexity index is 1040. The van der Waals surface area contributed by atoms with Crippen molar-refractivity contribution in [2.45, 2.75) is 64.3 Å². The monoisotopic (exact) mass is 444 g/mol. The van der Waals surface area contributed by atoms with Gasteiger partial charge in [-0.15, -0.1) is 11.3 Å². The number of methoxy groups -OCH3 is 1. The second-order valence-corrected chi connectivity index (χ2v) is 10.2. The number of carbonyl (C=O) groups is 2. The molecule has 2 unspecified atom stereocenters. The molecule has 0 aliphatic carbocycles. The molecule has 2 aliphatic heterocycles. The van der Waals surface area contributed by atoms with Gasteiger partial charge in [-0.1, -0.05) is 12.1 Å². The Labute approximate surface area is 186 Å². The number of carbonyl (C=O) groups excluding carboxylic acids is 2. The third kappa shape index (κ3) is 3.90. The first kappa shape index (κ1) is 21.6. The van der Waals surface area contributed by atoms with Crippen LogP contribution in [0.5, 0.6) is 11.5 Å². The summed E-state index contributed by atoms with van der Waals surface area (Å²) >= 11 is 1.40. The molecule has 31 heavy (non-hydrogen) atoms. The molecule has 2 atom stereocenters. The SMILES string of the molecule is COC(=O)c1c(NC(=O)C2Oc3ccccc3OC2C)sc2c1CC(C)(C)NC2(C)C. The summed E-state index contributed by atoms with van der Waals surface area (Å²) in [6.45, 7) is 10.1. The third-order valence-corrected chi connectivity index (χ3v) is 7.04. The highest BCUT2D eigenvalue weighted by Crippen LogP contribution is 2.45. The molecule has 7 nitrogen and oxygen atoms in total. The molecule has 8 heteroatoms. The van der Waals surface area contributed by atoms with E-state index in [0.717, 1.165) is 10.4 Å². The molecule has 2 aliphatic rings. The number of fused-ring (bicyclic) bond motifs is 2. The van der Waals surface area contributed by atoms with E-state index < -0.39 is 18.2 Å². The van der Waals surface area contributed by atoms with E-state index in [4.69, 9.17) is 14.2 Å². The van der Waals surface area contributed by atoms with Gasteiger partial charge in [0.25, 0.3) is 5.91 Å². The molecule has 0 bridgehead atoms. The zero-order valence-electron chi connectivity index (χ0n) is 18.6. The fourth-order valence-corrected chi connectivity index (χ4v) is 5.79. The van der Waals surface area contributed by atoms with Crippen molar-refractivity contribution in [3.63, 3.8) is 0 Å². The molecule has 0 spiro atoms. The highest BCUT2D eigenvalue weighted by Gasteiger charge is 2.43. The Morgan fingerprint density at radius 2 is 1.81 bits per heavy atom. The van der Waals surface area contributed by atoms with Gasteiger partial charge < -0.3 is 24.8 Å². The maximum atomic E-state index is 13.2. The summed E-state index contributed by atoms with van der Waals surface area (Å²) in [7, 11) is 1.35. The zero-order chi connectivity index (χ0) is 22.6. The smallest absolute Gasteiger partial charge is 0.341 e. The number of rotatable bonds is 3. The van der Waals surface area contributed by atoms with Crippen LogP contribution >= 0.6 is 11.3 Å². The van der Waals surface area contributed by atoms with E-state index in [9.17, 15) is 9.59 Å². The van der Waals surface area contributed by atoms with Crippen LogP contribution < -0.4 is 20.1 Å². The minimum atomic E-state index is -0.845. The number of nitrogens with one attached hydrogen (secondary N) is 2. The summed E-state index contributed by atoms with van der Waals surface area (Å²) in [5, 5.41) is 7.02. The summed E-state index contributed by atoms with van der Waals surface area (Å²) in [5.41, 5.74) is 0.771. The Hall–Kier alpha value is -2.58. The summed E-state index contributed by atoms with van der Waals surface area (Å²) in [4.78, 5) is 26.9. The topological polar surface area (TPSA) is 85.9 Å². The summed E-state index contributed by atoms with van der Waals surface area (Å²) in [5.74, 6) is 0.304. The molecule has 1 amide bonds. The lowest BCUT2D eigenvalue weighted by Gasteiger charge is -2.42. The predicted molar refractivity (Wildman–Crippen MR) is 119 cm³/mol. The van der Waals surface area contributed by atoms with E-state index in [0.29, 0.717) is 28.5 Å². The number of anilines is 1. The number of para-hydroxylation sites is 2. The first-order valence-corrected chi connectivity index (χ1v) is 11.1. The molecule has 0 radical (unpaired) electrons. The molecule has 0 fully saturated rings. The van der Waals surface area contributed by atoms with Crippen molar-refractivity contribution in [2.24, 2.45) is 0 Å². The largest absolute Gasteiger partial charge is 0.482 e. The van der Waals surface area contributed by atoms with Crippen LogP contribution in [-0.4, -0.2) is 36.7 Å². The minimum absolute atomic E-state index is 0.208. The van der Waals surface area contributed by atoms with Crippen LogP contribution in [-0.2, 0) is 21.5 Å². The van der Waals surface area contributed by atoms with Crippen molar-refractivity contribution in [3.05, 3.63) is 40.3 Å². The summed E-state index contributed by atoms with van der Waals surface area (Å²) in [6.07, 6.45) is -0.680. The van der Waals surface area contributed by atoms with E-state index in [1.165, 1.54) is 18.4 Å². The molecule has 1 aromatic carbocycles. The molecule has 4 rings (SSSR count). The van der Waals surface area contributed by atoms with Crippen molar-refractivity contribution in [3.8, 4) is 11.5 Å². The first-order chi connectivity index (χ1) is 14.5. The van der Waals surface area contributed by atoms with E-state index >= 15 is 0 Å². The number of hydrogen-bond acceptors (Lipinski definition) is 7. The van der Waals surface area contributed by atoms with Crippen LogP contribution in [0.4, 0.5) is 5.00 Å². The Morgan fingerprint density at radius 3 is 2.45 bits per heavy atom. The van der Waals surface area contributed by atoms with Crippen LogP contribution in [0.15, 0.2) is 24.3 Å². The third-order valence-electron chi connectivity index (χ3n) is 5.57. The average molecular weight is 445 g/mol. The van der Waals surface area contributed by atoms with Crippen LogP contribution in [0.3, 0.4) is 0 Å². The minimum Gasteiger partial charge on any atom is -0.482 e. The standard InChI is InChI=1S/C23H28N2O5S/c1-12-17(30-15-10-8-7-9-14(15)29-12)19(26)24-20-16(21(27)28-6)13-11-22(2,3)25-23(4,5)18(13)31-20/h7-10,12,17,25H,11H2,1-6H3,(H,24,26). The second kappa shape index (κ2) is 7.53. The molecular formula is C23H28N2O5S. The lowest BCUT2D eigenvalue weighted by molar-refractivity contribution is -0.127. The van der Waals surface area contributed by atoms with Gasteiger partial charge in [-0.05, 0) is 58.7 Å². The quantitative estimate of drug-likeness (QED) is 0.700. The maximum Gasteiger partial charge on any atom is 0.341 e. The lowest BCUT2D eigenvalue weighted by Crippen LogP contribution is -2.55. The molecule has 3 heterocycles. The van der Waals surface area contributed by atoms with Gasteiger partial charge in [0, 0.05) is 16.0 Å². The van der Waals surface area contributed by atoms with Gasteiger partial charge >= 0.3 is 5.97 Å². The number of thiophene rings is 1. The van der Waals surface area contributed by atoms with Gasteiger partial charge in [-0.3, -0.25) is 4.79 Å². The molecule has 1 aromatic heterocycles. The average Bonchev–Trinajstić information content (AvgIpc) is 3.03. The predicted octanol–water partition coefficient (Wildman–Crippen LogP) is 3.86. The number of hydrogen-bond donors (Lipinski definition) is 2. The van der Waals surface area contributed by atoms with Crippen molar-refractivity contribution in [1.29, 1.82) is 0 Å². The maximum absolute atomic E-state index is 13.2. The van der Waals surface area contributed by atoms with Gasteiger partial charge in [0.15, 0.2) is 11.5 Å². The summed E-state index contributed by atoms with van der Waals surface area (Å²) < 4.78 is 16.9. The Morgan fingerprint density at radius 1 is 1.16 bits per heavy atom. The van der Waals surface area contributed by atoms with E-state index in [1.807, 2.05) is 12.1 Å². The number of esters is 1. The number of benzene rings is 1. The molecule has 2 N–H and O–H groups in total. The van der Waals surface area contributed by atoms with Crippen molar-refractivity contribution in [1.82, 2.24) is 5.32 Å². The highest BCUT2D eigenvalue weighted by atomic mass is 32.1.